The molecule has 0 aromatic heterocycles. The van der Waals surface area contributed by atoms with E-state index in [4.69, 9.17) is 0 Å². The highest BCUT2D eigenvalue weighted by molar-refractivity contribution is 9.10. The maximum absolute atomic E-state index is 3.53. The maximum Gasteiger partial charge on any atom is 0.0212 e. The minimum Gasteiger partial charge on any atom is -0.0619 e. The van der Waals surface area contributed by atoms with Crippen LogP contribution in [0.1, 0.15) is 26.3 Å². The molecule has 0 N–H and O–H groups in total. The Kier molecular flexibility index (Phi) is 2.38. The molecular weight excluding hydrogens is 200 g/mol. The molecule has 0 bridgehead atoms. The first-order valence-corrected chi connectivity index (χ1v) is 4.56. The van der Waals surface area contributed by atoms with Gasteiger partial charge < -0.3 is 0 Å². The van der Waals surface area contributed by atoms with Gasteiger partial charge in [-0.1, -0.05) is 54.9 Å². The van der Waals surface area contributed by atoms with E-state index in [1.165, 1.54) is 10.0 Å². The van der Waals surface area contributed by atoms with E-state index in [1.54, 1.807) is 0 Å². The predicted octanol–water partition coefficient (Wildman–Crippen LogP) is 3.75. The lowest BCUT2D eigenvalue weighted by Crippen LogP contribution is -2.11. The number of hydrogen-bond donors (Lipinski definition) is 0. The molecule has 1 aromatic rings. The molecule has 0 nitrogen and oxygen atoms in total. The average Bonchev–Trinajstić information content (AvgIpc) is 1.86. The third kappa shape index (κ3) is 2.06. The second-order valence-electron chi connectivity index (χ2n) is 3.73. The lowest BCUT2D eigenvalue weighted by Gasteiger charge is -2.20. The standard InChI is InChI=1S/C10H13Br/c1-10(2,3)8-6-4-5-7-9(8)11/h4-7H,1-3H3. The zero-order valence-corrected chi connectivity index (χ0v) is 8.77. The van der Waals surface area contributed by atoms with Crippen LogP contribution >= 0.6 is 15.9 Å². The van der Waals surface area contributed by atoms with Gasteiger partial charge in [-0.3, -0.25) is 0 Å². The van der Waals surface area contributed by atoms with Gasteiger partial charge in [0.1, 0.15) is 0 Å². The van der Waals surface area contributed by atoms with Crippen molar-refractivity contribution in [2.75, 3.05) is 0 Å². The molecular formula is C10H13Br. The summed E-state index contributed by atoms with van der Waals surface area (Å²) in [6.07, 6.45) is 0. The summed E-state index contributed by atoms with van der Waals surface area (Å²) in [4.78, 5) is 0. The highest BCUT2D eigenvalue weighted by atomic mass is 79.9. The van der Waals surface area contributed by atoms with Crippen molar-refractivity contribution >= 4 is 15.9 Å². The molecule has 0 aliphatic heterocycles. The smallest absolute Gasteiger partial charge is 0.0212 e. The van der Waals surface area contributed by atoms with Crippen molar-refractivity contribution in [2.24, 2.45) is 0 Å². The van der Waals surface area contributed by atoms with Gasteiger partial charge >= 0.3 is 0 Å². The van der Waals surface area contributed by atoms with Gasteiger partial charge in [-0.25, -0.2) is 0 Å². The molecule has 0 atom stereocenters. The fraction of sp³-hybridized carbons (Fsp3) is 0.400. The molecule has 1 aromatic carbocycles. The minimum atomic E-state index is 0.236. The Morgan fingerprint density at radius 3 is 2.00 bits per heavy atom. The van der Waals surface area contributed by atoms with Crippen LogP contribution in [0.2, 0.25) is 0 Å². The number of benzene rings is 1. The van der Waals surface area contributed by atoms with Gasteiger partial charge in [0.25, 0.3) is 0 Å². The molecule has 11 heavy (non-hydrogen) atoms. The van der Waals surface area contributed by atoms with Crippen LogP contribution in [0.25, 0.3) is 0 Å². The van der Waals surface area contributed by atoms with E-state index in [-0.39, 0.29) is 5.41 Å². The van der Waals surface area contributed by atoms with Gasteiger partial charge in [0.15, 0.2) is 0 Å². The van der Waals surface area contributed by atoms with Gasteiger partial charge in [0.2, 0.25) is 0 Å². The average molecular weight is 213 g/mol. The molecule has 0 spiro atoms. The topological polar surface area (TPSA) is 0 Å². The molecule has 0 radical (unpaired) electrons. The summed E-state index contributed by atoms with van der Waals surface area (Å²) in [6.45, 7) is 6.65. The van der Waals surface area contributed by atoms with Crippen molar-refractivity contribution in [3.8, 4) is 0 Å². The van der Waals surface area contributed by atoms with E-state index in [1.807, 2.05) is 6.07 Å². The maximum atomic E-state index is 3.53. The molecule has 1 rings (SSSR count). The lowest BCUT2D eigenvalue weighted by atomic mass is 9.87. The Hall–Kier alpha value is -0.300. The summed E-state index contributed by atoms with van der Waals surface area (Å²) in [5.74, 6) is 0. The molecule has 0 saturated heterocycles. The van der Waals surface area contributed by atoms with E-state index in [2.05, 4.69) is 54.9 Å². The van der Waals surface area contributed by atoms with E-state index in [0.717, 1.165) is 0 Å². The van der Waals surface area contributed by atoms with Crippen LogP contribution in [0.15, 0.2) is 28.7 Å². The van der Waals surface area contributed by atoms with Crippen molar-refractivity contribution in [3.63, 3.8) is 0 Å². The quantitative estimate of drug-likeness (QED) is 0.615. The molecule has 0 fully saturated rings. The van der Waals surface area contributed by atoms with Gasteiger partial charge in [-0.2, -0.15) is 0 Å². The number of rotatable bonds is 0. The summed E-state index contributed by atoms with van der Waals surface area (Å²) in [7, 11) is 0. The summed E-state index contributed by atoms with van der Waals surface area (Å²) in [6, 6.07) is 8.36. The van der Waals surface area contributed by atoms with Crippen LogP contribution in [-0.2, 0) is 5.41 Å². The van der Waals surface area contributed by atoms with Crippen molar-refractivity contribution in [2.45, 2.75) is 26.2 Å². The fourth-order valence-corrected chi connectivity index (χ4v) is 1.95. The fourth-order valence-electron chi connectivity index (χ4n) is 1.07. The zero-order chi connectivity index (χ0) is 8.48. The second-order valence-corrected chi connectivity index (χ2v) is 4.58. The summed E-state index contributed by atoms with van der Waals surface area (Å²) >= 11 is 3.53. The molecule has 0 heterocycles. The largest absolute Gasteiger partial charge is 0.0619 e. The Balaban J connectivity index is 3.14. The second kappa shape index (κ2) is 2.98. The molecule has 0 aliphatic carbocycles. The Labute approximate surface area is 76.8 Å². The van der Waals surface area contributed by atoms with E-state index >= 15 is 0 Å². The first-order valence-electron chi connectivity index (χ1n) is 3.77. The Bertz CT molecular complexity index is 245. The molecule has 0 saturated carbocycles. The van der Waals surface area contributed by atoms with E-state index in [0.29, 0.717) is 0 Å². The van der Waals surface area contributed by atoms with Crippen LogP contribution in [0.3, 0.4) is 0 Å². The van der Waals surface area contributed by atoms with Crippen LogP contribution in [0.4, 0.5) is 0 Å². The first kappa shape index (κ1) is 8.79. The normalized spacial score (nSPS) is 11.6. The van der Waals surface area contributed by atoms with Gasteiger partial charge in [-0.15, -0.1) is 0 Å². The third-order valence-electron chi connectivity index (χ3n) is 1.68. The number of halogens is 1. The third-order valence-corrected chi connectivity index (χ3v) is 2.37. The highest BCUT2D eigenvalue weighted by Gasteiger charge is 2.15. The Morgan fingerprint density at radius 2 is 1.64 bits per heavy atom. The van der Waals surface area contributed by atoms with Gasteiger partial charge in [-0.05, 0) is 17.0 Å². The van der Waals surface area contributed by atoms with Gasteiger partial charge in [0.05, 0.1) is 0 Å². The van der Waals surface area contributed by atoms with Crippen molar-refractivity contribution in [3.05, 3.63) is 34.3 Å². The van der Waals surface area contributed by atoms with Crippen LogP contribution < -0.4 is 0 Å². The lowest BCUT2D eigenvalue weighted by molar-refractivity contribution is 0.587. The summed E-state index contributed by atoms with van der Waals surface area (Å²) in [5, 5.41) is 0. The molecule has 1 heteroatoms. The molecule has 0 amide bonds. The van der Waals surface area contributed by atoms with Gasteiger partial charge in [0, 0.05) is 4.47 Å². The van der Waals surface area contributed by atoms with E-state index < -0.39 is 0 Å². The van der Waals surface area contributed by atoms with Crippen molar-refractivity contribution < 1.29 is 0 Å². The Morgan fingerprint density at radius 1 is 1.09 bits per heavy atom. The summed E-state index contributed by atoms with van der Waals surface area (Å²) < 4.78 is 1.20. The molecule has 0 aliphatic rings. The molecule has 60 valence electrons. The van der Waals surface area contributed by atoms with Crippen molar-refractivity contribution in [1.82, 2.24) is 0 Å². The minimum absolute atomic E-state index is 0.236. The monoisotopic (exact) mass is 212 g/mol. The van der Waals surface area contributed by atoms with Crippen molar-refractivity contribution in [1.29, 1.82) is 0 Å². The zero-order valence-electron chi connectivity index (χ0n) is 7.19. The summed E-state index contributed by atoms with van der Waals surface area (Å²) in [5.41, 5.74) is 1.60. The SMILES string of the molecule is CC(C)(C)c1ccccc1Br. The van der Waals surface area contributed by atoms with Crippen LogP contribution in [0.5, 0.6) is 0 Å². The highest BCUT2D eigenvalue weighted by Crippen LogP contribution is 2.28. The van der Waals surface area contributed by atoms with Crippen LogP contribution in [0, 0.1) is 0 Å². The molecule has 0 unspecified atom stereocenters. The predicted molar refractivity (Wildman–Crippen MR) is 52.8 cm³/mol. The number of hydrogen-bond acceptors (Lipinski definition) is 0. The first-order chi connectivity index (χ1) is 5.02. The van der Waals surface area contributed by atoms with Crippen LogP contribution in [-0.4, -0.2) is 0 Å². The van der Waals surface area contributed by atoms with E-state index in [9.17, 15) is 0 Å².